The van der Waals surface area contributed by atoms with Crippen LogP contribution in [0.3, 0.4) is 0 Å². The molecular weight excluding hydrogens is 335 g/mol. The van der Waals surface area contributed by atoms with Crippen LogP contribution in [-0.4, -0.2) is 74.5 Å². The van der Waals surface area contributed by atoms with E-state index in [1.165, 1.54) is 12.1 Å². The number of rotatable bonds is 4. The first kappa shape index (κ1) is 17.2. The Kier molecular flexibility index (Phi) is 5.05. The zero-order chi connectivity index (χ0) is 17.2. The summed E-state index contributed by atoms with van der Waals surface area (Å²) in [5.41, 5.74) is 0. The minimum atomic E-state index is -2.90. The van der Waals surface area contributed by atoms with Gasteiger partial charge in [0, 0.05) is 32.2 Å². The van der Waals surface area contributed by atoms with E-state index < -0.39 is 15.7 Å². The SMILES string of the molecule is O=C(COc1ccccc1F)N1CCN([C@@H]2CCS(=O)(=O)C2)CC1. The molecule has 8 heteroatoms. The van der Waals surface area contributed by atoms with Gasteiger partial charge in [0.05, 0.1) is 11.5 Å². The Morgan fingerprint density at radius 3 is 2.54 bits per heavy atom. The summed E-state index contributed by atoms with van der Waals surface area (Å²) < 4.78 is 41.8. The molecule has 1 aromatic rings. The van der Waals surface area contributed by atoms with Crippen LogP contribution in [0.15, 0.2) is 24.3 Å². The zero-order valence-electron chi connectivity index (χ0n) is 13.4. The number of amides is 1. The number of benzene rings is 1. The van der Waals surface area contributed by atoms with Gasteiger partial charge in [-0.3, -0.25) is 9.69 Å². The highest BCUT2D eigenvalue weighted by atomic mass is 32.2. The molecule has 0 aromatic heterocycles. The summed E-state index contributed by atoms with van der Waals surface area (Å²) in [5.74, 6) is -0.125. The van der Waals surface area contributed by atoms with Crippen molar-refractivity contribution in [1.29, 1.82) is 0 Å². The van der Waals surface area contributed by atoms with Gasteiger partial charge in [0.2, 0.25) is 0 Å². The van der Waals surface area contributed by atoms with Crippen molar-refractivity contribution in [2.24, 2.45) is 0 Å². The van der Waals surface area contributed by atoms with Gasteiger partial charge in [0.15, 0.2) is 28.0 Å². The van der Waals surface area contributed by atoms with Crippen LogP contribution < -0.4 is 4.74 Å². The van der Waals surface area contributed by atoms with Gasteiger partial charge < -0.3 is 9.64 Å². The van der Waals surface area contributed by atoms with Crippen LogP contribution in [0.4, 0.5) is 4.39 Å². The van der Waals surface area contributed by atoms with Crippen molar-refractivity contribution in [3.8, 4) is 5.75 Å². The minimum absolute atomic E-state index is 0.0700. The van der Waals surface area contributed by atoms with Crippen molar-refractivity contribution >= 4 is 15.7 Å². The summed E-state index contributed by atoms with van der Waals surface area (Å²) in [6.45, 7) is 2.20. The van der Waals surface area contributed by atoms with E-state index in [0.29, 0.717) is 32.6 Å². The second-order valence-electron chi connectivity index (χ2n) is 6.19. The van der Waals surface area contributed by atoms with Crippen LogP contribution in [0.1, 0.15) is 6.42 Å². The Hall–Kier alpha value is -1.67. The third kappa shape index (κ3) is 4.05. The lowest BCUT2D eigenvalue weighted by Crippen LogP contribution is -2.53. The molecule has 1 aromatic carbocycles. The molecule has 0 saturated carbocycles. The average Bonchev–Trinajstić information content (AvgIpc) is 2.94. The number of carbonyl (C=O) groups is 1. The first-order valence-electron chi connectivity index (χ1n) is 8.04. The molecule has 2 heterocycles. The molecule has 0 radical (unpaired) electrons. The van der Waals surface area contributed by atoms with Crippen molar-refractivity contribution in [2.45, 2.75) is 12.5 Å². The number of nitrogens with zero attached hydrogens (tertiary/aromatic N) is 2. The van der Waals surface area contributed by atoms with Crippen LogP contribution in [0.5, 0.6) is 5.75 Å². The van der Waals surface area contributed by atoms with E-state index in [9.17, 15) is 17.6 Å². The maximum atomic E-state index is 13.5. The number of carbonyl (C=O) groups excluding carboxylic acids is 1. The lowest BCUT2D eigenvalue weighted by molar-refractivity contribution is -0.135. The van der Waals surface area contributed by atoms with Gasteiger partial charge in [-0.1, -0.05) is 12.1 Å². The first-order valence-corrected chi connectivity index (χ1v) is 9.86. The monoisotopic (exact) mass is 356 g/mol. The molecule has 2 saturated heterocycles. The highest BCUT2D eigenvalue weighted by Gasteiger charge is 2.34. The molecule has 1 atom stereocenters. The van der Waals surface area contributed by atoms with Gasteiger partial charge in [0.25, 0.3) is 5.91 Å². The number of para-hydroxylation sites is 1. The van der Waals surface area contributed by atoms with Gasteiger partial charge in [0.1, 0.15) is 0 Å². The Morgan fingerprint density at radius 1 is 1.21 bits per heavy atom. The molecule has 1 amide bonds. The summed E-state index contributed by atoms with van der Waals surface area (Å²) in [6.07, 6.45) is 0.673. The van der Waals surface area contributed by atoms with Crippen molar-refractivity contribution in [2.75, 3.05) is 44.3 Å². The van der Waals surface area contributed by atoms with Crippen molar-refractivity contribution < 1.29 is 22.3 Å². The van der Waals surface area contributed by atoms with Gasteiger partial charge in [-0.15, -0.1) is 0 Å². The van der Waals surface area contributed by atoms with Gasteiger partial charge in [-0.2, -0.15) is 0 Å². The van der Waals surface area contributed by atoms with Crippen molar-refractivity contribution in [1.82, 2.24) is 9.80 Å². The quantitative estimate of drug-likeness (QED) is 0.788. The van der Waals surface area contributed by atoms with Gasteiger partial charge >= 0.3 is 0 Å². The highest BCUT2D eigenvalue weighted by Crippen LogP contribution is 2.19. The molecule has 0 bridgehead atoms. The maximum absolute atomic E-state index is 13.5. The fourth-order valence-electron chi connectivity index (χ4n) is 3.19. The number of sulfone groups is 1. The fourth-order valence-corrected chi connectivity index (χ4v) is 4.95. The van der Waals surface area contributed by atoms with E-state index in [4.69, 9.17) is 4.74 Å². The van der Waals surface area contributed by atoms with E-state index in [-0.39, 0.29) is 35.8 Å². The first-order chi connectivity index (χ1) is 11.4. The molecule has 0 spiro atoms. The molecule has 0 N–H and O–H groups in total. The summed E-state index contributed by atoms with van der Waals surface area (Å²) in [4.78, 5) is 16.0. The predicted molar refractivity (Wildman–Crippen MR) is 87.1 cm³/mol. The molecule has 3 rings (SSSR count). The van der Waals surface area contributed by atoms with Crippen molar-refractivity contribution in [3.63, 3.8) is 0 Å². The highest BCUT2D eigenvalue weighted by molar-refractivity contribution is 7.91. The molecule has 132 valence electrons. The standard InChI is InChI=1S/C16H21FN2O4S/c17-14-3-1-2-4-15(14)23-11-16(20)19-8-6-18(7-9-19)13-5-10-24(21,22)12-13/h1-4,13H,5-12H2/t13-/m1/s1. The van der Waals surface area contributed by atoms with E-state index in [1.54, 1.807) is 17.0 Å². The van der Waals surface area contributed by atoms with Gasteiger partial charge in [-0.05, 0) is 18.6 Å². The van der Waals surface area contributed by atoms with Crippen LogP contribution >= 0.6 is 0 Å². The van der Waals surface area contributed by atoms with Gasteiger partial charge in [-0.25, -0.2) is 12.8 Å². The average molecular weight is 356 g/mol. The third-order valence-corrected chi connectivity index (χ3v) is 6.33. The van der Waals surface area contributed by atoms with Crippen molar-refractivity contribution in [3.05, 3.63) is 30.1 Å². The lowest BCUT2D eigenvalue weighted by atomic mass is 10.2. The Morgan fingerprint density at radius 2 is 1.92 bits per heavy atom. The number of ether oxygens (including phenoxy) is 1. The topological polar surface area (TPSA) is 66.9 Å². The van der Waals surface area contributed by atoms with Crippen LogP contribution in [0.25, 0.3) is 0 Å². The number of hydrogen-bond acceptors (Lipinski definition) is 5. The van der Waals surface area contributed by atoms with E-state index in [1.807, 2.05) is 0 Å². The molecule has 6 nitrogen and oxygen atoms in total. The Bertz CT molecular complexity index is 702. The fraction of sp³-hybridized carbons (Fsp3) is 0.562. The second kappa shape index (κ2) is 7.06. The van der Waals surface area contributed by atoms with Crippen LogP contribution in [0.2, 0.25) is 0 Å². The number of halogens is 1. The number of piperazine rings is 1. The molecule has 2 aliphatic heterocycles. The smallest absolute Gasteiger partial charge is 0.260 e. The van der Waals surface area contributed by atoms with Crippen LogP contribution in [0, 0.1) is 5.82 Å². The minimum Gasteiger partial charge on any atom is -0.481 e. The Balaban J connectivity index is 1.46. The summed E-state index contributed by atoms with van der Waals surface area (Å²) in [7, 11) is -2.90. The molecular formula is C16H21FN2O4S. The van der Waals surface area contributed by atoms with E-state index >= 15 is 0 Å². The number of hydrogen-bond donors (Lipinski definition) is 0. The summed E-state index contributed by atoms with van der Waals surface area (Å²) in [5, 5.41) is 0. The normalized spacial score (nSPS) is 24.0. The van der Waals surface area contributed by atoms with E-state index in [0.717, 1.165) is 0 Å². The summed E-state index contributed by atoms with van der Waals surface area (Å²) in [6, 6.07) is 6.06. The molecule has 2 fully saturated rings. The Labute approximate surface area is 141 Å². The lowest BCUT2D eigenvalue weighted by Gasteiger charge is -2.37. The predicted octanol–water partition coefficient (Wildman–Crippen LogP) is 0.536. The molecule has 2 aliphatic rings. The molecule has 0 unspecified atom stereocenters. The summed E-state index contributed by atoms with van der Waals surface area (Å²) >= 11 is 0. The second-order valence-corrected chi connectivity index (χ2v) is 8.42. The van der Waals surface area contributed by atoms with E-state index in [2.05, 4.69) is 4.90 Å². The van der Waals surface area contributed by atoms with Crippen LogP contribution in [-0.2, 0) is 14.6 Å². The molecule has 24 heavy (non-hydrogen) atoms. The maximum Gasteiger partial charge on any atom is 0.260 e. The zero-order valence-corrected chi connectivity index (χ0v) is 14.2. The third-order valence-electron chi connectivity index (χ3n) is 4.58. The molecule has 0 aliphatic carbocycles. The largest absolute Gasteiger partial charge is 0.481 e.